The predicted octanol–water partition coefficient (Wildman–Crippen LogP) is 4.68. The molecule has 144 valence electrons. The van der Waals surface area contributed by atoms with Crippen molar-refractivity contribution in [3.8, 4) is 5.75 Å². The highest BCUT2D eigenvalue weighted by atomic mass is 35.5. The smallest absolute Gasteiger partial charge is 0.325 e. The second-order valence-corrected chi connectivity index (χ2v) is 8.90. The maximum Gasteiger partial charge on any atom is 0.325 e. The van der Waals surface area contributed by atoms with Crippen LogP contribution in [0.4, 0.5) is 0 Å². The maximum atomic E-state index is 13.2. The number of carbonyl (C=O) groups excluding carboxylic acids is 3. The number of hydrogen-bond acceptors (Lipinski definition) is 6. The van der Waals surface area contributed by atoms with E-state index in [1.807, 2.05) is 0 Å². The van der Waals surface area contributed by atoms with Crippen LogP contribution in [0.15, 0.2) is 17.5 Å². The predicted molar refractivity (Wildman–Crippen MR) is 105 cm³/mol. The SMILES string of the molecule is COc1csc2ccc(C(=O)C(C(=O)OC(C)(C)C)C(=O)C3CC3)c(Cl)c12. The molecule has 5 nitrogen and oxygen atoms in total. The Kier molecular flexibility index (Phi) is 5.32. The number of hydrogen-bond donors (Lipinski definition) is 0. The molecule has 1 fully saturated rings. The van der Waals surface area contributed by atoms with E-state index in [2.05, 4.69) is 0 Å². The van der Waals surface area contributed by atoms with E-state index in [-0.39, 0.29) is 22.3 Å². The Morgan fingerprint density at radius 2 is 1.89 bits per heavy atom. The minimum atomic E-state index is -1.49. The number of benzene rings is 1. The van der Waals surface area contributed by atoms with Crippen LogP contribution in [0.2, 0.25) is 5.02 Å². The van der Waals surface area contributed by atoms with Crippen molar-refractivity contribution < 1.29 is 23.9 Å². The van der Waals surface area contributed by atoms with Crippen LogP contribution in [-0.2, 0) is 14.3 Å². The molecule has 7 heteroatoms. The zero-order chi connectivity index (χ0) is 19.9. The van der Waals surface area contributed by atoms with Crippen LogP contribution >= 0.6 is 22.9 Å². The average molecular weight is 409 g/mol. The van der Waals surface area contributed by atoms with Gasteiger partial charge in [-0.15, -0.1) is 11.3 Å². The summed E-state index contributed by atoms with van der Waals surface area (Å²) in [5, 5.41) is 2.59. The normalized spacial score (nSPS) is 15.4. The van der Waals surface area contributed by atoms with Gasteiger partial charge in [0.05, 0.1) is 17.5 Å². The number of fused-ring (bicyclic) bond motifs is 1. The Morgan fingerprint density at radius 3 is 2.44 bits per heavy atom. The molecule has 0 radical (unpaired) electrons. The Morgan fingerprint density at radius 1 is 1.22 bits per heavy atom. The zero-order valence-electron chi connectivity index (χ0n) is 15.6. The van der Waals surface area contributed by atoms with Crippen molar-refractivity contribution >= 4 is 50.6 Å². The lowest BCUT2D eigenvalue weighted by Gasteiger charge is -2.23. The fraction of sp³-hybridized carbons (Fsp3) is 0.450. The molecule has 27 heavy (non-hydrogen) atoms. The Bertz CT molecular complexity index is 920. The van der Waals surface area contributed by atoms with Crippen LogP contribution in [0.25, 0.3) is 10.1 Å². The number of methoxy groups -OCH3 is 1. The van der Waals surface area contributed by atoms with E-state index in [0.717, 1.165) is 4.70 Å². The highest BCUT2D eigenvalue weighted by Gasteiger charge is 2.45. The van der Waals surface area contributed by atoms with E-state index in [4.69, 9.17) is 21.1 Å². The molecule has 1 saturated carbocycles. The standard InChI is InChI=1S/C20H21ClO5S/c1-20(2,3)26-19(24)15(17(22)10-5-6-10)18(23)11-7-8-13-14(16(11)21)12(25-4)9-27-13/h7-10,15H,5-6H2,1-4H3. The van der Waals surface area contributed by atoms with Gasteiger partial charge in [-0.2, -0.15) is 0 Å². The maximum absolute atomic E-state index is 13.2. The molecule has 1 aliphatic carbocycles. The molecule has 1 aliphatic rings. The summed E-state index contributed by atoms with van der Waals surface area (Å²) < 4.78 is 11.5. The van der Waals surface area contributed by atoms with Crippen molar-refractivity contribution in [1.29, 1.82) is 0 Å². The Hall–Kier alpha value is -1.92. The van der Waals surface area contributed by atoms with Gasteiger partial charge in [0.25, 0.3) is 0 Å². The molecule has 1 heterocycles. The number of esters is 1. The summed E-state index contributed by atoms with van der Waals surface area (Å²) in [6.45, 7) is 5.09. The number of Topliss-reactive ketones (excluding diaryl/α,β-unsaturated/α-hetero) is 2. The minimum Gasteiger partial charge on any atom is -0.495 e. The summed E-state index contributed by atoms with van der Waals surface area (Å²) in [6.07, 6.45) is 1.38. The van der Waals surface area contributed by atoms with Gasteiger partial charge in [-0.05, 0) is 45.7 Å². The molecule has 0 saturated heterocycles. The number of ether oxygens (including phenoxy) is 2. The second-order valence-electron chi connectivity index (χ2n) is 7.61. The van der Waals surface area contributed by atoms with E-state index in [1.165, 1.54) is 18.4 Å². The second kappa shape index (κ2) is 7.24. The van der Waals surface area contributed by atoms with Gasteiger partial charge in [0.2, 0.25) is 0 Å². The summed E-state index contributed by atoms with van der Waals surface area (Å²) in [5.41, 5.74) is -0.672. The topological polar surface area (TPSA) is 69.7 Å². The van der Waals surface area contributed by atoms with Gasteiger partial charge in [0.1, 0.15) is 11.4 Å². The molecule has 1 unspecified atom stereocenters. The third-order valence-electron chi connectivity index (χ3n) is 4.30. The van der Waals surface area contributed by atoms with Gasteiger partial charge < -0.3 is 9.47 Å². The summed E-state index contributed by atoms with van der Waals surface area (Å²) in [6, 6.07) is 3.30. The van der Waals surface area contributed by atoms with E-state index in [9.17, 15) is 14.4 Å². The molecule has 0 amide bonds. The molecule has 0 N–H and O–H groups in total. The van der Waals surface area contributed by atoms with Crippen LogP contribution in [0.3, 0.4) is 0 Å². The average Bonchev–Trinajstić information content (AvgIpc) is 3.33. The van der Waals surface area contributed by atoms with Crippen molar-refractivity contribution in [2.75, 3.05) is 7.11 Å². The van der Waals surface area contributed by atoms with Crippen LogP contribution in [0, 0.1) is 11.8 Å². The largest absolute Gasteiger partial charge is 0.495 e. The van der Waals surface area contributed by atoms with E-state index < -0.39 is 23.3 Å². The molecular weight excluding hydrogens is 388 g/mol. The molecule has 3 rings (SSSR count). The highest BCUT2D eigenvalue weighted by Crippen LogP contribution is 2.41. The van der Waals surface area contributed by atoms with Crippen molar-refractivity contribution in [3.05, 3.63) is 28.1 Å². The molecule has 0 spiro atoms. The first-order valence-corrected chi connectivity index (χ1v) is 9.94. The molecule has 0 aliphatic heterocycles. The third kappa shape index (κ3) is 4.01. The Balaban J connectivity index is 2.03. The lowest BCUT2D eigenvalue weighted by molar-refractivity contribution is -0.160. The number of halogens is 1. The quantitative estimate of drug-likeness (QED) is 0.394. The fourth-order valence-electron chi connectivity index (χ4n) is 2.87. The van der Waals surface area contributed by atoms with Gasteiger partial charge in [-0.3, -0.25) is 14.4 Å². The lowest BCUT2D eigenvalue weighted by atomic mass is 9.90. The molecule has 0 bridgehead atoms. The van der Waals surface area contributed by atoms with Crippen LogP contribution in [0.1, 0.15) is 44.0 Å². The number of ketones is 2. The molecular formula is C20H21ClO5S. The van der Waals surface area contributed by atoms with Crippen LogP contribution in [-0.4, -0.2) is 30.2 Å². The molecule has 1 aromatic heterocycles. The van der Waals surface area contributed by atoms with Crippen molar-refractivity contribution in [2.24, 2.45) is 11.8 Å². The summed E-state index contributed by atoms with van der Waals surface area (Å²) >= 11 is 7.92. The Labute approximate surface area is 166 Å². The summed E-state index contributed by atoms with van der Waals surface area (Å²) in [5.74, 6) is -3.03. The summed E-state index contributed by atoms with van der Waals surface area (Å²) in [7, 11) is 1.52. The molecule has 1 atom stereocenters. The number of rotatable bonds is 6. The van der Waals surface area contributed by atoms with Crippen molar-refractivity contribution in [3.63, 3.8) is 0 Å². The van der Waals surface area contributed by atoms with Crippen molar-refractivity contribution in [2.45, 2.75) is 39.2 Å². The third-order valence-corrected chi connectivity index (χ3v) is 5.62. The first kappa shape index (κ1) is 19.8. The van der Waals surface area contributed by atoms with Gasteiger partial charge in [-0.25, -0.2) is 0 Å². The van der Waals surface area contributed by atoms with Gasteiger partial charge in [0.15, 0.2) is 17.5 Å². The van der Waals surface area contributed by atoms with E-state index >= 15 is 0 Å². The number of carbonyl (C=O) groups is 3. The minimum absolute atomic E-state index is 0.130. The first-order chi connectivity index (χ1) is 12.6. The van der Waals surface area contributed by atoms with E-state index in [1.54, 1.807) is 38.3 Å². The molecule has 2 aromatic rings. The zero-order valence-corrected chi connectivity index (χ0v) is 17.2. The first-order valence-electron chi connectivity index (χ1n) is 8.68. The lowest BCUT2D eigenvalue weighted by Crippen LogP contribution is -2.38. The van der Waals surface area contributed by atoms with E-state index in [0.29, 0.717) is 24.0 Å². The highest BCUT2D eigenvalue weighted by molar-refractivity contribution is 7.17. The fourth-order valence-corrected chi connectivity index (χ4v) is 4.20. The van der Waals surface area contributed by atoms with Crippen molar-refractivity contribution in [1.82, 2.24) is 0 Å². The van der Waals surface area contributed by atoms with Crippen LogP contribution < -0.4 is 4.74 Å². The molecule has 1 aromatic carbocycles. The van der Waals surface area contributed by atoms with Crippen LogP contribution in [0.5, 0.6) is 5.75 Å². The van der Waals surface area contributed by atoms with Gasteiger partial charge >= 0.3 is 5.97 Å². The monoisotopic (exact) mass is 408 g/mol. The van der Waals surface area contributed by atoms with Gasteiger partial charge in [-0.1, -0.05) is 11.6 Å². The number of thiophene rings is 1. The summed E-state index contributed by atoms with van der Waals surface area (Å²) in [4.78, 5) is 38.6. The van der Waals surface area contributed by atoms with Gasteiger partial charge in [0, 0.05) is 21.6 Å².